The molecule has 1 aliphatic heterocycles. The number of hydrogen-bond acceptors (Lipinski definition) is 6. The number of likely N-dealkylation sites (tertiary alicyclic amines) is 1. The summed E-state index contributed by atoms with van der Waals surface area (Å²) in [6.45, 7) is 4.10. The van der Waals surface area contributed by atoms with Gasteiger partial charge in [0.05, 0.1) is 17.4 Å². The van der Waals surface area contributed by atoms with E-state index in [1.165, 1.54) is 12.1 Å². The molecule has 0 spiro atoms. The molecule has 1 fully saturated rings. The van der Waals surface area contributed by atoms with Crippen molar-refractivity contribution in [1.29, 1.82) is 0 Å². The Morgan fingerprint density at radius 2 is 1.93 bits per heavy atom. The molecule has 0 aliphatic carbocycles. The Kier molecular flexibility index (Phi) is 5.24. The van der Waals surface area contributed by atoms with Gasteiger partial charge in [0.2, 0.25) is 11.7 Å². The van der Waals surface area contributed by atoms with Crippen LogP contribution in [0.1, 0.15) is 46.7 Å². The number of carbonyl (C=O) groups is 1. The number of hydrogen-bond donors (Lipinski definition) is 0. The van der Waals surface area contributed by atoms with E-state index in [1.807, 2.05) is 19.0 Å². The standard InChI is InChI=1S/C22H24FN5O2/c1-13-20(30-14(2)25-13)21(29)28-11-5-6-18(28)19-17(12-24-22(26-19)27(3)4)15-7-9-16(23)10-8-15/h7-10,12,18H,5-6,11H2,1-4H3/t18-/m0/s1. The van der Waals surface area contributed by atoms with Crippen LogP contribution in [0.3, 0.4) is 0 Å². The fraction of sp³-hybridized carbons (Fsp3) is 0.364. The van der Waals surface area contributed by atoms with Crippen molar-refractivity contribution in [2.45, 2.75) is 32.7 Å². The smallest absolute Gasteiger partial charge is 0.292 e. The summed E-state index contributed by atoms with van der Waals surface area (Å²) in [6, 6.07) is 6.01. The van der Waals surface area contributed by atoms with E-state index in [0.717, 1.165) is 29.7 Å². The maximum atomic E-state index is 13.5. The highest BCUT2D eigenvalue weighted by Crippen LogP contribution is 2.38. The lowest BCUT2D eigenvalue weighted by Crippen LogP contribution is -2.32. The molecule has 1 atom stereocenters. The molecule has 1 aromatic carbocycles. The molecule has 0 bridgehead atoms. The van der Waals surface area contributed by atoms with Crippen LogP contribution in [-0.4, -0.2) is 46.4 Å². The monoisotopic (exact) mass is 409 g/mol. The molecule has 4 rings (SSSR count). The average Bonchev–Trinajstić information content (AvgIpc) is 3.34. The van der Waals surface area contributed by atoms with Gasteiger partial charge in [-0.3, -0.25) is 4.79 Å². The lowest BCUT2D eigenvalue weighted by molar-refractivity contribution is 0.0698. The maximum Gasteiger partial charge on any atom is 0.292 e. The Balaban J connectivity index is 1.78. The van der Waals surface area contributed by atoms with E-state index in [2.05, 4.69) is 9.97 Å². The lowest BCUT2D eigenvalue weighted by atomic mass is 9.99. The van der Waals surface area contributed by atoms with Gasteiger partial charge in [-0.05, 0) is 37.5 Å². The summed E-state index contributed by atoms with van der Waals surface area (Å²) in [4.78, 5) is 30.3. The number of amides is 1. The molecule has 7 nitrogen and oxygen atoms in total. The summed E-state index contributed by atoms with van der Waals surface area (Å²) in [7, 11) is 3.74. The molecule has 1 amide bonds. The number of anilines is 1. The van der Waals surface area contributed by atoms with Gasteiger partial charge in [-0.1, -0.05) is 12.1 Å². The first-order valence-electron chi connectivity index (χ1n) is 9.90. The molecular formula is C22H24FN5O2. The SMILES string of the molecule is Cc1nc(C)c(C(=O)N2CCC[C@H]2c2nc(N(C)C)ncc2-c2ccc(F)cc2)o1. The van der Waals surface area contributed by atoms with Crippen LogP contribution in [0.2, 0.25) is 0 Å². The molecular weight excluding hydrogens is 385 g/mol. The Labute approximate surface area is 174 Å². The number of halogens is 1. The van der Waals surface area contributed by atoms with Crippen LogP contribution >= 0.6 is 0 Å². The molecule has 0 saturated carbocycles. The summed E-state index contributed by atoms with van der Waals surface area (Å²) in [5.74, 6) is 0.799. The Bertz CT molecular complexity index is 1080. The van der Waals surface area contributed by atoms with Gasteiger partial charge in [0.15, 0.2) is 5.89 Å². The van der Waals surface area contributed by atoms with Crippen molar-refractivity contribution in [2.24, 2.45) is 0 Å². The Hall–Kier alpha value is -3.29. The number of aryl methyl sites for hydroxylation is 2. The van der Waals surface area contributed by atoms with Crippen molar-refractivity contribution in [3.63, 3.8) is 0 Å². The van der Waals surface area contributed by atoms with Gasteiger partial charge in [-0.2, -0.15) is 0 Å². The first kappa shape index (κ1) is 20.0. The zero-order valence-electron chi connectivity index (χ0n) is 17.5. The number of oxazole rings is 1. The van der Waals surface area contributed by atoms with Gasteiger partial charge in [0.1, 0.15) is 5.82 Å². The second-order valence-corrected chi connectivity index (χ2v) is 7.67. The van der Waals surface area contributed by atoms with Crippen LogP contribution in [0.25, 0.3) is 11.1 Å². The minimum Gasteiger partial charge on any atom is -0.436 e. The lowest BCUT2D eigenvalue weighted by Gasteiger charge is -2.26. The molecule has 3 aromatic rings. The third-order valence-corrected chi connectivity index (χ3v) is 5.29. The highest BCUT2D eigenvalue weighted by atomic mass is 19.1. The quantitative estimate of drug-likeness (QED) is 0.650. The fourth-order valence-corrected chi connectivity index (χ4v) is 3.86. The van der Waals surface area contributed by atoms with Crippen molar-refractivity contribution in [3.8, 4) is 11.1 Å². The maximum absolute atomic E-state index is 13.5. The van der Waals surface area contributed by atoms with Gasteiger partial charge in [0, 0.05) is 39.3 Å². The molecule has 156 valence electrons. The Morgan fingerprint density at radius 1 is 1.20 bits per heavy atom. The number of rotatable bonds is 4. The predicted molar refractivity (Wildman–Crippen MR) is 111 cm³/mol. The van der Waals surface area contributed by atoms with E-state index in [-0.39, 0.29) is 23.5 Å². The summed E-state index contributed by atoms with van der Waals surface area (Å²) < 4.78 is 19.0. The van der Waals surface area contributed by atoms with Crippen molar-refractivity contribution in [2.75, 3.05) is 25.5 Å². The van der Waals surface area contributed by atoms with Crippen LogP contribution in [0, 0.1) is 19.7 Å². The van der Waals surface area contributed by atoms with E-state index in [0.29, 0.717) is 24.1 Å². The van der Waals surface area contributed by atoms with Crippen LogP contribution in [0.15, 0.2) is 34.9 Å². The van der Waals surface area contributed by atoms with Gasteiger partial charge in [0.25, 0.3) is 5.91 Å². The topological polar surface area (TPSA) is 75.4 Å². The molecule has 2 aromatic heterocycles. The first-order chi connectivity index (χ1) is 14.3. The van der Waals surface area contributed by atoms with Crippen molar-refractivity contribution in [1.82, 2.24) is 19.9 Å². The van der Waals surface area contributed by atoms with E-state index in [9.17, 15) is 9.18 Å². The molecule has 1 aliphatic rings. The van der Waals surface area contributed by atoms with E-state index < -0.39 is 0 Å². The molecule has 0 unspecified atom stereocenters. The third kappa shape index (κ3) is 3.65. The summed E-state index contributed by atoms with van der Waals surface area (Å²) in [5, 5.41) is 0. The Morgan fingerprint density at radius 3 is 2.57 bits per heavy atom. The largest absolute Gasteiger partial charge is 0.436 e. The molecule has 8 heteroatoms. The number of carbonyl (C=O) groups excluding carboxylic acids is 1. The van der Waals surface area contributed by atoms with Crippen LogP contribution in [-0.2, 0) is 0 Å². The van der Waals surface area contributed by atoms with Crippen molar-refractivity contribution in [3.05, 3.63) is 59.3 Å². The fourth-order valence-electron chi connectivity index (χ4n) is 3.86. The second kappa shape index (κ2) is 7.85. The number of nitrogens with zero attached hydrogens (tertiary/aromatic N) is 5. The molecule has 0 N–H and O–H groups in total. The molecule has 30 heavy (non-hydrogen) atoms. The normalized spacial score (nSPS) is 16.2. The van der Waals surface area contributed by atoms with Crippen molar-refractivity contribution >= 4 is 11.9 Å². The molecule has 0 radical (unpaired) electrons. The van der Waals surface area contributed by atoms with E-state index in [4.69, 9.17) is 9.40 Å². The predicted octanol–water partition coefficient (Wildman–Crippen LogP) is 3.93. The zero-order valence-corrected chi connectivity index (χ0v) is 17.5. The van der Waals surface area contributed by atoms with Crippen LogP contribution in [0.4, 0.5) is 10.3 Å². The minimum absolute atomic E-state index is 0.189. The minimum atomic E-state index is -0.306. The second-order valence-electron chi connectivity index (χ2n) is 7.67. The first-order valence-corrected chi connectivity index (χ1v) is 9.90. The van der Waals surface area contributed by atoms with Gasteiger partial charge < -0.3 is 14.2 Å². The summed E-state index contributed by atoms with van der Waals surface area (Å²) in [5.41, 5.74) is 2.93. The highest BCUT2D eigenvalue weighted by Gasteiger charge is 2.36. The highest BCUT2D eigenvalue weighted by molar-refractivity contribution is 5.93. The van der Waals surface area contributed by atoms with Crippen LogP contribution in [0.5, 0.6) is 0 Å². The van der Waals surface area contributed by atoms with E-state index in [1.54, 1.807) is 37.1 Å². The zero-order chi connectivity index (χ0) is 21.4. The van der Waals surface area contributed by atoms with Crippen molar-refractivity contribution < 1.29 is 13.6 Å². The summed E-state index contributed by atoms with van der Waals surface area (Å²) in [6.07, 6.45) is 3.37. The van der Waals surface area contributed by atoms with Gasteiger partial charge in [-0.25, -0.2) is 19.3 Å². The third-order valence-electron chi connectivity index (χ3n) is 5.29. The average molecular weight is 409 g/mol. The van der Waals surface area contributed by atoms with E-state index >= 15 is 0 Å². The van der Waals surface area contributed by atoms with Crippen LogP contribution < -0.4 is 4.90 Å². The number of aromatic nitrogens is 3. The van der Waals surface area contributed by atoms with Gasteiger partial charge >= 0.3 is 0 Å². The number of benzene rings is 1. The van der Waals surface area contributed by atoms with Gasteiger partial charge in [-0.15, -0.1) is 0 Å². The molecule has 3 heterocycles. The molecule has 1 saturated heterocycles. The summed E-state index contributed by atoms with van der Waals surface area (Å²) >= 11 is 0.